The number of nitrogens with zero attached hydrogens (tertiary/aromatic N) is 2. The van der Waals surface area contributed by atoms with Crippen molar-refractivity contribution in [3.8, 4) is 5.75 Å². The van der Waals surface area contributed by atoms with E-state index in [1.54, 1.807) is 36.4 Å². The zero-order chi connectivity index (χ0) is 21.7. The number of amides is 2. The van der Waals surface area contributed by atoms with Crippen LogP contribution in [0.15, 0.2) is 66.8 Å². The first-order valence-corrected chi connectivity index (χ1v) is 9.26. The third-order valence-corrected chi connectivity index (χ3v) is 4.56. The molecule has 30 heavy (non-hydrogen) atoms. The van der Waals surface area contributed by atoms with Gasteiger partial charge in [0.1, 0.15) is 17.9 Å². The average molecular weight is 423 g/mol. The normalized spacial score (nSPS) is 15.1. The smallest absolute Gasteiger partial charge is 0.269 e. The van der Waals surface area contributed by atoms with Gasteiger partial charge in [-0.05, 0) is 53.7 Å². The van der Waals surface area contributed by atoms with Gasteiger partial charge in [-0.2, -0.15) is 0 Å². The molecule has 1 N–H and O–H groups in total. The van der Waals surface area contributed by atoms with Crippen LogP contribution in [0.3, 0.4) is 0 Å². The largest absolute Gasteiger partial charge is 0.489 e. The van der Waals surface area contributed by atoms with E-state index in [9.17, 15) is 19.7 Å². The van der Waals surface area contributed by atoms with E-state index in [2.05, 4.69) is 11.9 Å². The molecular weight excluding hydrogens is 406 g/mol. The molecule has 2 aromatic rings. The molecule has 3 rings (SSSR count). The lowest BCUT2D eigenvalue weighted by atomic mass is 10.1. The van der Waals surface area contributed by atoms with Gasteiger partial charge in [0.05, 0.1) is 4.92 Å². The van der Waals surface area contributed by atoms with Crippen LogP contribution in [0, 0.1) is 10.1 Å². The van der Waals surface area contributed by atoms with Gasteiger partial charge >= 0.3 is 0 Å². The SMILES string of the molecule is C=CCN1C(=O)/C(=C/c2ccc(OCc3ccc([N+](=O)[O-])cc3)cc2)C(=O)NC1=S. The Kier molecular flexibility index (Phi) is 6.33. The van der Waals surface area contributed by atoms with E-state index in [1.807, 2.05) is 0 Å². The molecule has 0 bridgehead atoms. The van der Waals surface area contributed by atoms with Crippen LogP contribution in [-0.2, 0) is 16.2 Å². The van der Waals surface area contributed by atoms with Gasteiger partial charge < -0.3 is 4.74 Å². The minimum Gasteiger partial charge on any atom is -0.489 e. The zero-order valence-electron chi connectivity index (χ0n) is 15.7. The number of nitro benzene ring substituents is 1. The molecule has 1 heterocycles. The number of carbonyl (C=O) groups is 2. The monoisotopic (exact) mass is 423 g/mol. The minimum atomic E-state index is -0.552. The van der Waals surface area contributed by atoms with Crippen LogP contribution >= 0.6 is 12.2 Å². The number of nitrogens with one attached hydrogen (secondary N) is 1. The number of benzene rings is 2. The van der Waals surface area contributed by atoms with Crippen LogP contribution in [0.25, 0.3) is 6.08 Å². The lowest BCUT2D eigenvalue weighted by molar-refractivity contribution is -0.384. The molecule has 0 atom stereocenters. The number of carbonyl (C=O) groups excluding carboxylic acids is 2. The topological polar surface area (TPSA) is 102 Å². The summed E-state index contributed by atoms with van der Waals surface area (Å²) in [6.07, 6.45) is 3.01. The Balaban J connectivity index is 1.68. The molecule has 1 fully saturated rings. The van der Waals surface area contributed by atoms with Crippen molar-refractivity contribution in [3.63, 3.8) is 0 Å². The molecule has 0 aliphatic carbocycles. The maximum absolute atomic E-state index is 12.5. The number of nitro groups is 1. The molecule has 9 heteroatoms. The third kappa shape index (κ3) is 4.76. The van der Waals surface area contributed by atoms with Crippen LogP contribution in [0.5, 0.6) is 5.75 Å². The highest BCUT2D eigenvalue weighted by molar-refractivity contribution is 7.80. The fourth-order valence-electron chi connectivity index (χ4n) is 2.70. The van der Waals surface area contributed by atoms with Crippen LogP contribution in [-0.4, -0.2) is 33.3 Å². The van der Waals surface area contributed by atoms with E-state index in [4.69, 9.17) is 17.0 Å². The summed E-state index contributed by atoms with van der Waals surface area (Å²) in [5.41, 5.74) is 1.42. The summed E-state index contributed by atoms with van der Waals surface area (Å²) in [7, 11) is 0. The zero-order valence-corrected chi connectivity index (χ0v) is 16.6. The van der Waals surface area contributed by atoms with Crippen molar-refractivity contribution in [2.24, 2.45) is 0 Å². The van der Waals surface area contributed by atoms with Crippen molar-refractivity contribution in [1.29, 1.82) is 0 Å². The second-order valence-electron chi connectivity index (χ2n) is 6.30. The second kappa shape index (κ2) is 9.10. The molecule has 8 nitrogen and oxygen atoms in total. The average Bonchev–Trinajstić information content (AvgIpc) is 2.74. The number of non-ortho nitro benzene ring substituents is 1. The molecule has 1 aliphatic heterocycles. The van der Waals surface area contributed by atoms with Gasteiger partial charge in [0.2, 0.25) is 0 Å². The number of hydrogen-bond acceptors (Lipinski definition) is 6. The van der Waals surface area contributed by atoms with E-state index >= 15 is 0 Å². The van der Waals surface area contributed by atoms with Gasteiger partial charge in [-0.3, -0.25) is 29.9 Å². The standard InChI is InChI=1S/C21H17N3O5S/c1-2-11-23-20(26)18(19(25)22-21(23)30)12-14-5-9-17(10-6-14)29-13-15-3-7-16(8-4-15)24(27)28/h2-10,12H,1,11,13H2,(H,22,25,30)/b18-12+. The summed E-state index contributed by atoms with van der Waals surface area (Å²) in [4.78, 5) is 36.2. The lowest BCUT2D eigenvalue weighted by Gasteiger charge is -2.27. The fourth-order valence-corrected chi connectivity index (χ4v) is 2.95. The van der Waals surface area contributed by atoms with Crippen molar-refractivity contribution in [2.45, 2.75) is 6.61 Å². The molecule has 2 amide bonds. The van der Waals surface area contributed by atoms with E-state index in [0.717, 1.165) is 5.56 Å². The first-order valence-electron chi connectivity index (χ1n) is 8.85. The Morgan fingerprint density at radius 2 is 1.80 bits per heavy atom. The first kappa shape index (κ1) is 20.9. The maximum atomic E-state index is 12.5. The summed E-state index contributed by atoms with van der Waals surface area (Å²) in [5, 5.41) is 13.2. The number of thiocarbonyl (C=S) groups is 1. The molecule has 0 radical (unpaired) electrons. The van der Waals surface area contributed by atoms with Gasteiger partial charge in [0, 0.05) is 18.7 Å². The highest BCUT2D eigenvalue weighted by Crippen LogP contribution is 2.19. The van der Waals surface area contributed by atoms with E-state index in [0.29, 0.717) is 11.3 Å². The Morgan fingerprint density at radius 3 is 2.40 bits per heavy atom. The Labute approximate surface area is 177 Å². The summed E-state index contributed by atoms with van der Waals surface area (Å²) >= 11 is 5.02. The number of ether oxygens (including phenoxy) is 1. The molecule has 2 aromatic carbocycles. The molecular formula is C21H17N3O5S. The van der Waals surface area contributed by atoms with Crippen molar-refractivity contribution >= 4 is 40.9 Å². The van der Waals surface area contributed by atoms with Crippen LogP contribution < -0.4 is 10.1 Å². The highest BCUT2D eigenvalue weighted by atomic mass is 32.1. The predicted octanol–water partition coefficient (Wildman–Crippen LogP) is 2.99. The van der Waals surface area contributed by atoms with Gasteiger partial charge in [-0.25, -0.2) is 0 Å². The molecule has 1 saturated heterocycles. The highest BCUT2D eigenvalue weighted by Gasteiger charge is 2.32. The van der Waals surface area contributed by atoms with Crippen molar-refractivity contribution in [1.82, 2.24) is 10.2 Å². The minimum absolute atomic E-state index is 0.0184. The van der Waals surface area contributed by atoms with Crippen molar-refractivity contribution in [2.75, 3.05) is 6.54 Å². The summed E-state index contributed by atoms with van der Waals surface area (Å²) in [6, 6.07) is 12.9. The second-order valence-corrected chi connectivity index (χ2v) is 6.69. The Hall–Kier alpha value is -3.85. The van der Waals surface area contributed by atoms with Crippen molar-refractivity contribution < 1.29 is 19.2 Å². The van der Waals surface area contributed by atoms with Crippen LogP contribution in [0.2, 0.25) is 0 Å². The first-order chi connectivity index (χ1) is 14.4. The third-order valence-electron chi connectivity index (χ3n) is 4.24. The summed E-state index contributed by atoms with van der Waals surface area (Å²) in [6.45, 7) is 4.03. The van der Waals surface area contributed by atoms with Crippen LogP contribution in [0.4, 0.5) is 5.69 Å². The molecule has 1 aliphatic rings. The molecule has 0 aromatic heterocycles. The van der Waals surface area contributed by atoms with Gasteiger partial charge in [0.15, 0.2) is 5.11 Å². The Morgan fingerprint density at radius 1 is 1.13 bits per heavy atom. The van der Waals surface area contributed by atoms with E-state index in [-0.39, 0.29) is 29.5 Å². The predicted molar refractivity (Wildman–Crippen MR) is 114 cm³/mol. The molecule has 152 valence electrons. The quantitative estimate of drug-likeness (QED) is 0.183. The Bertz CT molecular complexity index is 1050. The lowest BCUT2D eigenvalue weighted by Crippen LogP contribution is -2.53. The molecule has 0 spiro atoms. The van der Waals surface area contributed by atoms with Crippen molar-refractivity contribution in [3.05, 3.63) is 88.0 Å². The van der Waals surface area contributed by atoms with Crippen LogP contribution in [0.1, 0.15) is 11.1 Å². The number of hydrogen-bond donors (Lipinski definition) is 1. The van der Waals surface area contributed by atoms with Gasteiger partial charge in [-0.1, -0.05) is 18.2 Å². The number of rotatable bonds is 7. The van der Waals surface area contributed by atoms with E-state index in [1.165, 1.54) is 29.2 Å². The maximum Gasteiger partial charge on any atom is 0.269 e. The summed E-state index contributed by atoms with van der Waals surface area (Å²) in [5.74, 6) is -0.463. The van der Waals surface area contributed by atoms with E-state index < -0.39 is 16.7 Å². The molecule has 0 unspecified atom stereocenters. The van der Waals surface area contributed by atoms with Gasteiger partial charge in [0.25, 0.3) is 17.5 Å². The fraction of sp³-hybridized carbons (Fsp3) is 0.0952. The summed E-state index contributed by atoms with van der Waals surface area (Å²) < 4.78 is 5.67. The van der Waals surface area contributed by atoms with Gasteiger partial charge in [-0.15, -0.1) is 6.58 Å². The molecule has 0 saturated carbocycles.